The average molecular weight is 420 g/mol. The molecular formula is C8H5Br2IO2. The molecule has 0 spiro atoms. The third-order valence-electron chi connectivity index (χ3n) is 1.49. The van der Waals surface area contributed by atoms with Crippen molar-refractivity contribution in [2.45, 2.75) is 0 Å². The van der Waals surface area contributed by atoms with Gasteiger partial charge in [-0.15, -0.1) is 0 Å². The predicted octanol–water partition coefficient (Wildman–Crippen LogP) is 3.34. The van der Waals surface area contributed by atoms with E-state index >= 15 is 0 Å². The molecule has 0 saturated heterocycles. The lowest BCUT2D eigenvalue weighted by Crippen LogP contribution is -2.02. The van der Waals surface area contributed by atoms with E-state index in [1.807, 2.05) is 22.6 Å². The molecule has 0 bridgehead atoms. The summed E-state index contributed by atoms with van der Waals surface area (Å²) in [4.78, 5) is 11.3. The van der Waals surface area contributed by atoms with E-state index in [1.165, 1.54) is 0 Å². The van der Waals surface area contributed by atoms with Gasteiger partial charge in [0.15, 0.2) is 5.78 Å². The number of benzene rings is 1. The summed E-state index contributed by atoms with van der Waals surface area (Å²) < 4.78 is 1.18. The zero-order chi connectivity index (χ0) is 10.0. The minimum absolute atomic E-state index is 0.0350. The van der Waals surface area contributed by atoms with Crippen LogP contribution in [0.4, 0.5) is 0 Å². The standard InChI is InChI=1S/C8H5Br2IO2/c9-3-6(12)4-1-2-5(10)8(13)7(4)11/h1-2,13H,3H2. The van der Waals surface area contributed by atoms with Gasteiger partial charge in [0.2, 0.25) is 0 Å². The Morgan fingerprint density at radius 3 is 2.69 bits per heavy atom. The first-order valence-corrected chi connectivity index (χ1v) is 6.33. The number of carbonyl (C=O) groups is 1. The monoisotopic (exact) mass is 418 g/mol. The van der Waals surface area contributed by atoms with E-state index in [-0.39, 0.29) is 16.9 Å². The molecule has 70 valence electrons. The normalized spacial score (nSPS) is 10.1. The first kappa shape index (κ1) is 11.5. The molecule has 5 heteroatoms. The molecule has 0 aliphatic carbocycles. The molecule has 0 aliphatic heterocycles. The quantitative estimate of drug-likeness (QED) is 0.453. The minimum Gasteiger partial charge on any atom is -0.506 e. The average Bonchev–Trinajstić information content (AvgIpc) is 2.13. The van der Waals surface area contributed by atoms with Crippen LogP contribution in [0, 0.1) is 3.57 Å². The van der Waals surface area contributed by atoms with Gasteiger partial charge in [0, 0.05) is 5.56 Å². The Labute approximate surface area is 106 Å². The lowest BCUT2D eigenvalue weighted by atomic mass is 10.1. The van der Waals surface area contributed by atoms with Gasteiger partial charge in [0.25, 0.3) is 0 Å². The number of halogens is 3. The number of hydrogen-bond donors (Lipinski definition) is 1. The van der Waals surface area contributed by atoms with Crippen LogP contribution >= 0.6 is 54.5 Å². The van der Waals surface area contributed by atoms with Crippen LogP contribution in [0.2, 0.25) is 0 Å². The summed E-state index contributed by atoms with van der Waals surface area (Å²) in [7, 11) is 0. The van der Waals surface area contributed by atoms with Gasteiger partial charge in [0.05, 0.1) is 13.4 Å². The Hall–Kier alpha value is 0.380. The fourth-order valence-corrected chi connectivity index (χ4v) is 2.60. The van der Waals surface area contributed by atoms with E-state index in [4.69, 9.17) is 0 Å². The molecule has 1 rings (SSSR count). The van der Waals surface area contributed by atoms with Gasteiger partial charge in [-0.1, -0.05) is 15.9 Å². The Kier molecular flexibility index (Phi) is 4.18. The van der Waals surface area contributed by atoms with Crippen molar-refractivity contribution in [1.82, 2.24) is 0 Å². The molecule has 0 fully saturated rings. The number of phenols is 1. The maximum absolute atomic E-state index is 11.3. The highest BCUT2D eigenvalue weighted by molar-refractivity contribution is 14.1. The zero-order valence-corrected chi connectivity index (χ0v) is 11.7. The summed E-state index contributed by atoms with van der Waals surface area (Å²) in [6.07, 6.45) is 0. The highest BCUT2D eigenvalue weighted by atomic mass is 127. The van der Waals surface area contributed by atoms with Crippen LogP contribution in [0.3, 0.4) is 0 Å². The third-order valence-corrected chi connectivity index (χ3v) is 3.73. The van der Waals surface area contributed by atoms with Gasteiger partial charge in [-0.2, -0.15) is 0 Å². The fourth-order valence-electron chi connectivity index (χ4n) is 0.828. The van der Waals surface area contributed by atoms with E-state index in [9.17, 15) is 9.90 Å². The molecule has 0 radical (unpaired) electrons. The second kappa shape index (κ2) is 4.75. The lowest BCUT2D eigenvalue weighted by Gasteiger charge is -2.04. The lowest BCUT2D eigenvalue weighted by molar-refractivity contribution is 0.102. The number of phenolic OH excluding ortho intramolecular Hbond substituents is 1. The van der Waals surface area contributed by atoms with E-state index < -0.39 is 0 Å². The SMILES string of the molecule is O=C(CBr)c1ccc(Br)c(O)c1I. The van der Waals surface area contributed by atoms with Gasteiger partial charge in [-0.25, -0.2) is 0 Å². The van der Waals surface area contributed by atoms with Gasteiger partial charge in [0.1, 0.15) is 5.75 Å². The summed E-state index contributed by atoms with van der Waals surface area (Å²) in [5, 5.41) is 9.78. The van der Waals surface area contributed by atoms with Crippen molar-refractivity contribution in [2.24, 2.45) is 0 Å². The number of rotatable bonds is 2. The molecular weight excluding hydrogens is 415 g/mol. The molecule has 0 unspecified atom stereocenters. The molecule has 1 N–H and O–H groups in total. The molecule has 0 aliphatic rings. The van der Waals surface area contributed by atoms with Crippen LogP contribution in [0.15, 0.2) is 16.6 Å². The first-order valence-electron chi connectivity index (χ1n) is 3.34. The van der Waals surface area contributed by atoms with Crippen molar-refractivity contribution < 1.29 is 9.90 Å². The van der Waals surface area contributed by atoms with Crippen LogP contribution in [0.25, 0.3) is 0 Å². The van der Waals surface area contributed by atoms with Crippen molar-refractivity contribution in [3.8, 4) is 5.75 Å². The van der Waals surface area contributed by atoms with Gasteiger partial charge < -0.3 is 5.11 Å². The molecule has 1 aromatic carbocycles. The van der Waals surface area contributed by atoms with E-state index in [0.717, 1.165) is 0 Å². The van der Waals surface area contributed by atoms with Gasteiger partial charge >= 0.3 is 0 Å². The topological polar surface area (TPSA) is 37.3 Å². The minimum atomic E-state index is -0.0350. The zero-order valence-electron chi connectivity index (χ0n) is 6.35. The van der Waals surface area contributed by atoms with E-state index in [1.54, 1.807) is 12.1 Å². The smallest absolute Gasteiger partial charge is 0.174 e. The third kappa shape index (κ3) is 2.44. The van der Waals surface area contributed by atoms with Crippen LogP contribution in [0.1, 0.15) is 10.4 Å². The van der Waals surface area contributed by atoms with Crippen LogP contribution in [0.5, 0.6) is 5.75 Å². The summed E-state index contributed by atoms with van der Waals surface area (Å²) in [6, 6.07) is 3.35. The van der Waals surface area contributed by atoms with Crippen molar-refractivity contribution in [3.05, 3.63) is 25.7 Å². The van der Waals surface area contributed by atoms with Crippen LogP contribution in [-0.4, -0.2) is 16.2 Å². The maximum Gasteiger partial charge on any atom is 0.174 e. The Bertz CT molecular complexity index is 352. The Morgan fingerprint density at radius 1 is 1.54 bits per heavy atom. The van der Waals surface area contributed by atoms with Crippen molar-refractivity contribution >= 4 is 60.2 Å². The number of alkyl halides is 1. The van der Waals surface area contributed by atoms with Crippen LogP contribution < -0.4 is 0 Å². The second-order valence-electron chi connectivity index (χ2n) is 2.31. The molecule has 2 nitrogen and oxygen atoms in total. The van der Waals surface area contributed by atoms with Gasteiger partial charge in [-0.05, 0) is 50.7 Å². The molecule has 13 heavy (non-hydrogen) atoms. The van der Waals surface area contributed by atoms with E-state index in [2.05, 4.69) is 31.9 Å². The second-order valence-corrected chi connectivity index (χ2v) is 4.81. The number of ketones is 1. The Morgan fingerprint density at radius 2 is 2.15 bits per heavy atom. The molecule has 1 aromatic rings. The van der Waals surface area contributed by atoms with Crippen molar-refractivity contribution in [2.75, 3.05) is 5.33 Å². The fraction of sp³-hybridized carbons (Fsp3) is 0.125. The molecule has 0 heterocycles. The summed E-state index contributed by atoms with van der Waals surface area (Å²) in [5.41, 5.74) is 0.540. The first-order chi connectivity index (χ1) is 6.07. The summed E-state index contributed by atoms with van der Waals surface area (Å²) in [5.74, 6) is 0.0830. The largest absolute Gasteiger partial charge is 0.506 e. The highest BCUT2D eigenvalue weighted by Crippen LogP contribution is 2.31. The van der Waals surface area contributed by atoms with Crippen LogP contribution in [-0.2, 0) is 0 Å². The number of hydrogen-bond acceptors (Lipinski definition) is 2. The van der Waals surface area contributed by atoms with Crippen molar-refractivity contribution in [3.63, 3.8) is 0 Å². The molecule has 0 aromatic heterocycles. The molecule has 0 saturated carbocycles. The number of carbonyl (C=O) groups excluding carboxylic acids is 1. The summed E-state index contributed by atoms with van der Waals surface area (Å²) >= 11 is 8.20. The number of aromatic hydroxyl groups is 1. The van der Waals surface area contributed by atoms with Crippen molar-refractivity contribution in [1.29, 1.82) is 0 Å². The molecule has 0 atom stereocenters. The Balaban J connectivity index is 3.26. The molecule has 0 amide bonds. The number of Topliss-reactive ketones (excluding diaryl/α,β-unsaturated/α-hetero) is 1. The summed E-state index contributed by atoms with van der Waals surface area (Å²) in [6.45, 7) is 0. The van der Waals surface area contributed by atoms with E-state index in [0.29, 0.717) is 13.6 Å². The highest BCUT2D eigenvalue weighted by Gasteiger charge is 2.13. The van der Waals surface area contributed by atoms with Gasteiger partial charge in [-0.3, -0.25) is 4.79 Å². The maximum atomic E-state index is 11.3. The predicted molar refractivity (Wildman–Crippen MR) is 66.6 cm³/mol.